The Kier molecular flexibility index (Phi) is 9.01. The molecule has 2 aromatic carbocycles. The first-order chi connectivity index (χ1) is 17.1. The molecule has 8 nitrogen and oxygen atoms in total. The number of halogens is 2. The third-order valence-electron chi connectivity index (χ3n) is 5.21. The summed E-state index contributed by atoms with van der Waals surface area (Å²) in [5.41, 5.74) is 2.11. The molecule has 0 radical (unpaired) electrons. The number of methoxy groups -OCH3 is 1. The maximum absolute atomic E-state index is 13.0. The van der Waals surface area contributed by atoms with Crippen LogP contribution in [-0.4, -0.2) is 42.0 Å². The standard InChI is InChI=1S/C26H27Cl2N3O5/c1-14(2)36-20-13-17(10-11-18(20)30-25(33)23-22(28)21(27)15(3)29-23)24(32)31-19(26(34)35-4)12-16-8-6-5-7-9-16/h5-11,13-14,19,29H,12H2,1-4H3,(H,30,33)(H,31,32)/t19-/m0/s1. The monoisotopic (exact) mass is 531 g/mol. The fourth-order valence-electron chi connectivity index (χ4n) is 3.46. The number of H-pyrrole nitrogens is 1. The highest BCUT2D eigenvalue weighted by Gasteiger charge is 2.24. The molecule has 0 spiro atoms. The summed E-state index contributed by atoms with van der Waals surface area (Å²) in [5.74, 6) is -1.31. The second-order valence-electron chi connectivity index (χ2n) is 8.32. The number of benzene rings is 2. The number of hydrogen-bond donors (Lipinski definition) is 3. The molecule has 10 heteroatoms. The van der Waals surface area contributed by atoms with Crippen LogP contribution in [0.1, 0.15) is 46.0 Å². The van der Waals surface area contributed by atoms with Gasteiger partial charge in [0.05, 0.1) is 28.9 Å². The van der Waals surface area contributed by atoms with Crippen molar-refractivity contribution in [3.05, 3.63) is 81.1 Å². The van der Waals surface area contributed by atoms with Crippen molar-refractivity contribution < 1.29 is 23.9 Å². The van der Waals surface area contributed by atoms with E-state index in [9.17, 15) is 14.4 Å². The summed E-state index contributed by atoms with van der Waals surface area (Å²) < 4.78 is 10.7. The van der Waals surface area contributed by atoms with Gasteiger partial charge in [0, 0.05) is 17.7 Å². The Balaban J connectivity index is 1.84. The number of aromatic amines is 1. The average molecular weight is 532 g/mol. The van der Waals surface area contributed by atoms with Crippen molar-refractivity contribution in [2.24, 2.45) is 0 Å². The molecule has 0 saturated heterocycles. The van der Waals surface area contributed by atoms with Gasteiger partial charge in [-0.3, -0.25) is 9.59 Å². The predicted molar refractivity (Wildman–Crippen MR) is 139 cm³/mol. The maximum atomic E-state index is 13.0. The Hall–Kier alpha value is -3.49. The molecule has 0 aliphatic heterocycles. The van der Waals surface area contributed by atoms with Crippen LogP contribution in [-0.2, 0) is 16.0 Å². The molecular formula is C26H27Cl2N3O5. The van der Waals surface area contributed by atoms with E-state index >= 15 is 0 Å². The zero-order valence-corrected chi connectivity index (χ0v) is 21.8. The molecule has 1 atom stereocenters. The quantitative estimate of drug-likeness (QED) is 0.329. The lowest BCUT2D eigenvalue weighted by atomic mass is 10.1. The van der Waals surface area contributed by atoms with Crippen molar-refractivity contribution in [3.63, 3.8) is 0 Å². The van der Waals surface area contributed by atoms with Gasteiger partial charge in [0.25, 0.3) is 11.8 Å². The van der Waals surface area contributed by atoms with E-state index in [2.05, 4.69) is 15.6 Å². The fraction of sp³-hybridized carbons (Fsp3) is 0.269. The summed E-state index contributed by atoms with van der Waals surface area (Å²) in [4.78, 5) is 41.0. The van der Waals surface area contributed by atoms with E-state index in [1.165, 1.54) is 19.2 Å². The van der Waals surface area contributed by atoms with Crippen molar-refractivity contribution in [2.45, 2.75) is 39.3 Å². The number of carbonyl (C=O) groups is 3. The van der Waals surface area contributed by atoms with Crippen LogP contribution in [0.2, 0.25) is 10.0 Å². The molecule has 1 heterocycles. The largest absolute Gasteiger partial charge is 0.489 e. The molecule has 0 bridgehead atoms. The minimum atomic E-state index is -0.887. The predicted octanol–water partition coefficient (Wildman–Crippen LogP) is 5.18. The van der Waals surface area contributed by atoms with Crippen molar-refractivity contribution in [3.8, 4) is 5.75 Å². The molecule has 36 heavy (non-hydrogen) atoms. The maximum Gasteiger partial charge on any atom is 0.328 e. The van der Waals surface area contributed by atoms with Crippen LogP contribution in [0, 0.1) is 6.92 Å². The van der Waals surface area contributed by atoms with Gasteiger partial charge in [0.2, 0.25) is 0 Å². The van der Waals surface area contributed by atoms with Gasteiger partial charge in [-0.2, -0.15) is 0 Å². The van der Waals surface area contributed by atoms with Gasteiger partial charge in [-0.15, -0.1) is 0 Å². The number of amides is 2. The summed E-state index contributed by atoms with van der Waals surface area (Å²) >= 11 is 12.2. The first-order valence-electron chi connectivity index (χ1n) is 11.2. The summed E-state index contributed by atoms with van der Waals surface area (Å²) in [6.45, 7) is 5.33. The molecule has 2 amide bonds. The number of aryl methyl sites for hydroxylation is 1. The Morgan fingerprint density at radius 1 is 1.00 bits per heavy atom. The van der Waals surface area contributed by atoms with Crippen molar-refractivity contribution >= 4 is 46.7 Å². The molecule has 3 N–H and O–H groups in total. The lowest BCUT2D eigenvalue weighted by Crippen LogP contribution is -2.43. The van der Waals surface area contributed by atoms with Gasteiger partial charge >= 0.3 is 5.97 Å². The minimum absolute atomic E-state index is 0.110. The third-order valence-corrected chi connectivity index (χ3v) is 6.16. The second kappa shape index (κ2) is 12.0. The number of hydrogen-bond acceptors (Lipinski definition) is 5. The van der Waals surface area contributed by atoms with Crippen LogP contribution in [0.3, 0.4) is 0 Å². The van der Waals surface area contributed by atoms with Crippen LogP contribution < -0.4 is 15.4 Å². The summed E-state index contributed by atoms with van der Waals surface area (Å²) in [6.07, 6.45) is 0.0207. The molecule has 3 rings (SSSR count). The number of aromatic nitrogens is 1. The van der Waals surface area contributed by atoms with Gasteiger partial charge < -0.3 is 25.1 Å². The minimum Gasteiger partial charge on any atom is -0.489 e. The Labute approximate surface area is 219 Å². The summed E-state index contributed by atoms with van der Waals surface area (Å²) in [6, 6.07) is 13.0. The number of nitrogens with one attached hydrogen (secondary N) is 3. The second-order valence-corrected chi connectivity index (χ2v) is 9.08. The van der Waals surface area contributed by atoms with Gasteiger partial charge in [-0.25, -0.2) is 4.79 Å². The number of esters is 1. The molecule has 0 aliphatic carbocycles. The van der Waals surface area contributed by atoms with E-state index in [0.29, 0.717) is 11.4 Å². The van der Waals surface area contributed by atoms with Gasteiger partial charge in [-0.05, 0) is 44.5 Å². The Morgan fingerprint density at radius 2 is 1.69 bits per heavy atom. The molecule has 3 aromatic rings. The van der Waals surface area contributed by atoms with E-state index in [-0.39, 0.29) is 39.6 Å². The highest BCUT2D eigenvalue weighted by atomic mass is 35.5. The first-order valence-corrected chi connectivity index (χ1v) is 11.9. The first kappa shape index (κ1) is 27.1. The highest BCUT2D eigenvalue weighted by molar-refractivity contribution is 6.44. The van der Waals surface area contributed by atoms with Crippen molar-refractivity contribution in [2.75, 3.05) is 12.4 Å². The molecule has 0 aliphatic rings. The van der Waals surface area contributed by atoms with Crippen LogP contribution in [0.4, 0.5) is 5.69 Å². The molecule has 0 unspecified atom stereocenters. The van der Waals surface area contributed by atoms with Crippen LogP contribution >= 0.6 is 23.2 Å². The highest BCUT2D eigenvalue weighted by Crippen LogP contribution is 2.32. The number of anilines is 1. The molecule has 0 saturated carbocycles. The average Bonchev–Trinajstić information content (AvgIpc) is 3.11. The van der Waals surface area contributed by atoms with E-state index in [1.54, 1.807) is 13.0 Å². The van der Waals surface area contributed by atoms with Crippen LogP contribution in [0.5, 0.6) is 5.75 Å². The fourth-order valence-corrected chi connectivity index (χ4v) is 3.87. The van der Waals surface area contributed by atoms with Crippen LogP contribution in [0.15, 0.2) is 48.5 Å². The summed E-state index contributed by atoms with van der Waals surface area (Å²) in [5, 5.41) is 5.84. The number of rotatable bonds is 9. The van der Waals surface area contributed by atoms with Gasteiger partial charge in [-0.1, -0.05) is 53.5 Å². The van der Waals surface area contributed by atoms with Crippen molar-refractivity contribution in [1.29, 1.82) is 0 Å². The lowest BCUT2D eigenvalue weighted by Gasteiger charge is -2.19. The normalized spacial score (nSPS) is 11.6. The lowest BCUT2D eigenvalue weighted by molar-refractivity contribution is -0.142. The summed E-state index contributed by atoms with van der Waals surface area (Å²) in [7, 11) is 1.27. The zero-order valence-electron chi connectivity index (χ0n) is 20.3. The van der Waals surface area contributed by atoms with E-state index in [4.69, 9.17) is 32.7 Å². The molecule has 190 valence electrons. The van der Waals surface area contributed by atoms with Gasteiger partial charge in [0.1, 0.15) is 17.5 Å². The third kappa shape index (κ3) is 6.59. The smallest absolute Gasteiger partial charge is 0.328 e. The molecule has 0 fully saturated rings. The Bertz CT molecular complexity index is 1260. The van der Waals surface area contributed by atoms with Crippen LogP contribution in [0.25, 0.3) is 0 Å². The van der Waals surface area contributed by atoms with E-state index in [0.717, 1.165) is 5.56 Å². The van der Waals surface area contributed by atoms with Crippen molar-refractivity contribution in [1.82, 2.24) is 10.3 Å². The Morgan fingerprint density at radius 3 is 2.28 bits per heavy atom. The SMILES string of the molecule is COC(=O)[C@H](Cc1ccccc1)NC(=O)c1ccc(NC(=O)c2[nH]c(C)c(Cl)c2Cl)c(OC(C)C)c1. The topological polar surface area (TPSA) is 110 Å². The van der Waals surface area contributed by atoms with Gasteiger partial charge in [0.15, 0.2) is 0 Å². The molecular weight excluding hydrogens is 505 g/mol. The zero-order chi connectivity index (χ0) is 26.4. The number of carbonyl (C=O) groups excluding carboxylic acids is 3. The number of ether oxygens (including phenoxy) is 2. The van der Waals surface area contributed by atoms with E-state index < -0.39 is 23.8 Å². The molecule has 1 aromatic heterocycles. The van der Waals surface area contributed by atoms with E-state index in [1.807, 2.05) is 44.2 Å².